The Morgan fingerprint density at radius 1 is 1.30 bits per heavy atom. The van der Waals surface area contributed by atoms with E-state index in [0.717, 1.165) is 14.8 Å². The third-order valence-corrected chi connectivity index (χ3v) is 5.55. The Labute approximate surface area is 163 Å². The van der Waals surface area contributed by atoms with Crippen LogP contribution in [0.3, 0.4) is 0 Å². The van der Waals surface area contributed by atoms with Gasteiger partial charge in [-0.3, -0.25) is 10.0 Å². The number of aromatic nitrogens is 1. The highest BCUT2D eigenvalue weighted by Gasteiger charge is 2.13. The number of anilines is 1. The molecule has 27 heavy (non-hydrogen) atoms. The van der Waals surface area contributed by atoms with Crippen LogP contribution < -0.4 is 9.46 Å². The van der Waals surface area contributed by atoms with E-state index >= 15 is 0 Å². The van der Waals surface area contributed by atoms with Crippen LogP contribution in [0, 0.1) is 5.82 Å². The maximum Gasteiger partial charge on any atom is 0.277 e. The van der Waals surface area contributed by atoms with Crippen molar-refractivity contribution in [2.24, 2.45) is 0 Å². The fourth-order valence-electron chi connectivity index (χ4n) is 2.23. The second-order valence-electron chi connectivity index (χ2n) is 5.44. The average Bonchev–Trinajstić information content (AvgIpc) is 3.15. The highest BCUT2D eigenvalue weighted by atomic mass is 32.2. The van der Waals surface area contributed by atoms with E-state index in [4.69, 9.17) is 4.74 Å². The summed E-state index contributed by atoms with van der Waals surface area (Å²) in [6, 6.07) is 11.0. The second kappa shape index (κ2) is 8.38. The smallest absolute Gasteiger partial charge is 0.277 e. The van der Waals surface area contributed by atoms with Gasteiger partial charge in [0.1, 0.15) is 20.8 Å². The minimum absolute atomic E-state index is 0.284. The second-order valence-corrected chi connectivity index (χ2v) is 7.58. The summed E-state index contributed by atoms with van der Waals surface area (Å²) in [5, 5.41) is 10.6. The quantitative estimate of drug-likeness (QED) is 0.356. The van der Waals surface area contributed by atoms with Gasteiger partial charge < -0.3 is 9.46 Å². The number of methoxy groups -OCH3 is 1. The lowest BCUT2D eigenvalue weighted by Gasteiger charge is -2.13. The van der Waals surface area contributed by atoms with Gasteiger partial charge in [-0.05, 0) is 54.4 Å². The van der Waals surface area contributed by atoms with Crippen LogP contribution in [-0.4, -0.2) is 35.3 Å². The molecule has 2 aromatic carbocycles. The molecule has 1 amide bonds. The fraction of sp³-hybridized carbons (Fsp3) is 0.111. The Bertz CT molecular complexity index is 945. The molecule has 0 bridgehead atoms. The van der Waals surface area contributed by atoms with Crippen molar-refractivity contribution < 1.29 is 19.1 Å². The maximum atomic E-state index is 13.0. The Morgan fingerprint density at radius 2 is 2.04 bits per heavy atom. The molecule has 2 N–H and O–H groups in total. The lowest BCUT2D eigenvalue weighted by Crippen LogP contribution is -2.22. The highest BCUT2D eigenvalue weighted by molar-refractivity contribution is 8.02. The van der Waals surface area contributed by atoms with Gasteiger partial charge in [0.15, 0.2) is 0 Å². The zero-order valence-corrected chi connectivity index (χ0v) is 16.1. The Hall–Kier alpha value is -2.62. The monoisotopic (exact) mass is 405 g/mol. The number of ether oxygens (including phenoxy) is 1. The van der Waals surface area contributed by atoms with Crippen LogP contribution in [0.1, 0.15) is 10.4 Å². The van der Waals surface area contributed by atoms with E-state index in [0.29, 0.717) is 22.1 Å². The molecule has 140 valence electrons. The SMILES string of the molecule is COc1cc(C(=O)N(C)O)ccc1NSc1cnc(-c2ccc(F)cc2)s1. The van der Waals surface area contributed by atoms with Gasteiger partial charge in [0.2, 0.25) is 0 Å². The average molecular weight is 405 g/mol. The summed E-state index contributed by atoms with van der Waals surface area (Å²) >= 11 is 2.82. The molecule has 1 heterocycles. The van der Waals surface area contributed by atoms with Gasteiger partial charge in [-0.15, -0.1) is 11.3 Å². The van der Waals surface area contributed by atoms with Gasteiger partial charge in [0, 0.05) is 18.2 Å². The third-order valence-electron chi connectivity index (χ3n) is 3.58. The number of amides is 1. The van der Waals surface area contributed by atoms with E-state index < -0.39 is 5.91 Å². The summed E-state index contributed by atoms with van der Waals surface area (Å²) in [6.07, 6.45) is 1.73. The van der Waals surface area contributed by atoms with Crippen molar-refractivity contribution >= 4 is 34.9 Å². The molecule has 6 nitrogen and oxygen atoms in total. The topological polar surface area (TPSA) is 74.7 Å². The predicted octanol–water partition coefficient (Wildman–Crippen LogP) is 4.54. The molecule has 0 radical (unpaired) electrons. The van der Waals surface area contributed by atoms with Gasteiger partial charge in [-0.1, -0.05) is 0 Å². The summed E-state index contributed by atoms with van der Waals surface area (Å²) in [7, 11) is 2.76. The molecule has 0 atom stereocenters. The predicted molar refractivity (Wildman–Crippen MR) is 104 cm³/mol. The molecule has 3 aromatic rings. The molecule has 0 spiro atoms. The number of nitrogens with zero attached hydrogens (tertiary/aromatic N) is 2. The van der Waals surface area contributed by atoms with Crippen molar-refractivity contribution in [1.29, 1.82) is 0 Å². The minimum Gasteiger partial charge on any atom is -0.495 e. The van der Waals surface area contributed by atoms with E-state index in [1.807, 2.05) is 0 Å². The maximum absolute atomic E-state index is 13.0. The first kappa shape index (κ1) is 19.2. The lowest BCUT2D eigenvalue weighted by atomic mass is 10.2. The number of nitrogens with one attached hydrogen (secondary N) is 1. The standard InChI is InChI=1S/C18H16FN3O3S2/c1-22(24)18(23)12-5-8-14(15(9-12)25-2)21-27-16-10-20-17(26-16)11-3-6-13(19)7-4-11/h3-10,21,24H,1-2H3. The number of benzene rings is 2. The van der Waals surface area contributed by atoms with Crippen LogP contribution in [0.2, 0.25) is 0 Å². The van der Waals surface area contributed by atoms with Gasteiger partial charge >= 0.3 is 0 Å². The molecular weight excluding hydrogens is 389 g/mol. The first-order valence-electron chi connectivity index (χ1n) is 7.77. The molecule has 9 heteroatoms. The number of carbonyl (C=O) groups excluding carboxylic acids is 1. The molecule has 0 aliphatic rings. The molecule has 0 fully saturated rings. The zero-order valence-electron chi connectivity index (χ0n) is 14.5. The Balaban J connectivity index is 1.71. The number of halogens is 1. The number of rotatable bonds is 6. The molecule has 0 saturated carbocycles. The normalized spacial score (nSPS) is 10.5. The molecule has 1 aromatic heterocycles. The summed E-state index contributed by atoms with van der Waals surface area (Å²) in [5.41, 5.74) is 1.84. The van der Waals surface area contributed by atoms with Crippen LogP contribution in [0.5, 0.6) is 5.75 Å². The number of hydrogen-bond donors (Lipinski definition) is 2. The van der Waals surface area contributed by atoms with Gasteiger partial charge in [0.05, 0.1) is 19.0 Å². The van der Waals surface area contributed by atoms with Crippen molar-refractivity contribution in [2.75, 3.05) is 18.9 Å². The van der Waals surface area contributed by atoms with Crippen molar-refractivity contribution in [1.82, 2.24) is 10.0 Å². The largest absolute Gasteiger partial charge is 0.495 e. The van der Waals surface area contributed by atoms with Crippen molar-refractivity contribution in [3.63, 3.8) is 0 Å². The summed E-state index contributed by atoms with van der Waals surface area (Å²) < 4.78 is 22.4. The van der Waals surface area contributed by atoms with Gasteiger partial charge in [0.25, 0.3) is 5.91 Å². The number of thiazole rings is 1. The summed E-state index contributed by atoms with van der Waals surface area (Å²) in [6.45, 7) is 0. The third kappa shape index (κ3) is 4.57. The van der Waals surface area contributed by atoms with Crippen LogP contribution in [0.25, 0.3) is 10.6 Å². The van der Waals surface area contributed by atoms with Crippen LogP contribution >= 0.6 is 23.3 Å². The van der Waals surface area contributed by atoms with E-state index in [9.17, 15) is 14.4 Å². The molecule has 0 aliphatic carbocycles. The van der Waals surface area contributed by atoms with Gasteiger partial charge in [-0.2, -0.15) is 0 Å². The van der Waals surface area contributed by atoms with Gasteiger partial charge in [-0.25, -0.2) is 14.4 Å². The fourth-order valence-corrected chi connectivity index (χ4v) is 3.90. The number of carbonyl (C=O) groups is 1. The molecule has 0 saturated heterocycles. The molecule has 0 unspecified atom stereocenters. The first-order valence-corrected chi connectivity index (χ1v) is 9.41. The Kier molecular flexibility index (Phi) is 5.94. The lowest BCUT2D eigenvalue weighted by molar-refractivity contribution is -0.0375. The number of hydrogen-bond acceptors (Lipinski definition) is 7. The molecule has 3 rings (SSSR count). The van der Waals surface area contributed by atoms with Crippen molar-refractivity contribution in [2.45, 2.75) is 4.21 Å². The van der Waals surface area contributed by atoms with E-state index in [2.05, 4.69) is 9.71 Å². The number of hydroxylamine groups is 2. The zero-order chi connectivity index (χ0) is 19.4. The summed E-state index contributed by atoms with van der Waals surface area (Å²) in [5.74, 6) is -0.342. The van der Waals surface area contributed by atoms with Crippen LogP contribution in [0.4, 0.5) is 10.1 Å². The van der Waals surface area contributed by atoms with E-state index in [-0.39, 0.29) is 5.82 Å². The molecular formula is C18H16FN3O3S2. The first-order chi connectivity index (χ1) is 13.0. The van der Waals surface area contributed by atoms with E-state index in [1.54, 1.807) is 36.5 Å². The highest BCUT2D eigenvalue weighted by Crippen LogP contribution is 2.35. The van der Waals surface area contributed by atoms with Crippen LogP contribution in [0.15, 0.2) is 52.9 Å². The van der Waals surface area contributed by atoms with Crippen LogP contribution in [-0.2, 0) is 0 Å². The Morgan fingerprint density at radius 3 is 2.70 bits per heavy atom. The van der Waals surface area contributed by atoms with Crippen molar-refractivity contribution in [3.8, 4) is 16.3 Å². The van der Waals surface area contributed by atoms with E-state index in [1.165, 1.54) is 49.6 Å². The van der Waals surface area contributed by atoms with Crippen molar-refractivity contribution in [3.05, 3.63) is 60.0 Å². The molecule has 0 aliphatic heterocycles. The summed E-state index contributed by atoms with van der Waals surface area (Å²) in [4.78, 5) is 16.2. The minimum atomic E-state index is -0.529.